The van der Waals surface area contributed by atoms with Crippen LogP contribution in [0.3, 0.4) is 0 Å². The van der Waals surface area contributed by atoms with Crippen molar-refractivity contribution in [2.24, 2.45) is 5.73 Å². The third kappa shape index (κ3) is 5.06. The number of ether oxygens (including phenoxy) is 1. The number of rotatable bonds is 7. The molecule has 4 aromatic rings. The van der Waals surface area contributed by atoms with E-state index in [1.165, 1.54) is 0 Å². The van der Waals surface area contributed by atoms with Crippen molar-refractivity contribution in [2.45, 2.75) is 13.0 Å². The van der Waals surface area contributed by atoms with Crippen molar-refractivity contribution in [1.82, 2.24) is 4.98 Å². The quantitative estimate of drug-likeness (QED) is 0.400. The van der Waals surface area contributed by atoms with Gasteiger partial charge >= 0.3 is 5.97 Å². The van der Waals surface area contributed by atoms with Gasteiger partial charge in [0.1, 0.15) is 5.75 Å². The van der Waals surface area contributed by atoms with Gasteiger partial charge in [0, 0.05) is 18.2 Å². The largest absolute Gasteiger partial charge is 0.478 e. The molecule has 0 bridgehead atoms. The fourth-order valence-electron chi connectivity index (χ4n) is 3.59. The van der Waals surface area contributed by atoms with Crippen molar-refractivity contribution in [3.8, 4) is 40.1 Å². The maximum Gasteiger partial charge on any atom is 0.336 e. The van der Waals surface area contributed by atoms with Gasteiger partial charge in [0.2, 0.25) is 5.88 Å². The molecule has 1 aromatic heterocycles. The van der Waals surface area contributed by atoms with E-state index in [2.05, 4.69) is 11.1 Å². The summed E-state index contributed by atoms with van der Waals surface area (Å²) in [6.07, 6.45) is 0.236. The van der Waals surface area contributed by atoms with Crippen LogP contribution in [-0.2, 0) is 13.0 Å². The number of nitrogens with two attached hydrogens (primary N) is 1. The van der Waals surface area contributed by atoms with Gasteiger partial charge < -0.3 is 15.6 Å². The molecule has 4 rings (SSSR count). The lowest BCUT2D eigenvalue weighted by Crippen LogP contribution is -2.00. The van der Waals surface area contributed by atoms with Gasteiger partial charge in [-0.25, -0.2) is 9.78 Å². The summed E-state index contributed by atoms with van der Waals surface area (Å²) in [6.45, 7) is 0.434. The molecular weight excluding hydrogens is 414 g/mol. The number of carboxylic acids is 1. The number of aromatic nitrogens is 1. The first-order valence-electron chi connectivity index (χ1n) is 10.4. The van der Waals surface area contributed by atoms with Crippen LogP contribution in [0.15, 0.2) is 84.9 Å². The number of nitriles is 1. The van der Waals surface area contributed by atoms with Gasteiger partial charge in [-0.1, -0.05) is 42.5 Å². The molecule has 0 amide bonds. The molecule has 3 N–H and O–H groups in total. The van der Waals surface area contributed by atoms with Crippen LogP contribution < -0.4 is 10.5 Å². The second-order valence-corrected chi connectivity index (χ2v) is 7.42. The molecule has 0 aliphatic rings. The lowest BCUT2D eigenvalue weighted by molar-refractivity contribution is 0.0697. The highest BCUT2D eigenvalue weighted by Crippen LogP contribution is 2.31. The van der Waals surface area contributed by atoms with E-state index < -0.39 is 5.97 Å². The predicted octanol–water partition coefficient (Wildman–Crippen LogP) is 5.43. The summed E-state index contributed by atoms with van der Waals surface area (Å²) in [5.41, 5.74) is 10.7. The van der Waals surface area contributed by atoms with Crippen LogP contribution in [0.4, 0.5) is 0 Å². The summed E-state index contributed by atoms with van der Waals surface area (Å²) in [6, 6.07) is 27.6. The second-order valence-electron chi connectivity index (χ2n) is 7.42. The van der Waals surface area contributed by atoms with Crippen LogP contribution in [0.25, 0.3) is 22.4 Å². The lowest BCUT2D eigenvalue weighted by atomic mass is 9.99. The molecule has 3 aromatic carbocycles. The Bertz CT molecular complexity index is 1360. The van der Waals surface area contributed by atoms with Gasteiger partial charge in [0.05, 0.1) is 23.7 Å². The molecule has 0 fully saturated rings. The highest BCUT2D eigenvalue weighted by atomic mass is 16.5. The number of benzene rings is 3. The molecule has 0 aliphatic heterocycles. The molecule has 6 heteroatoms. The first-order valence-corrected chi connectivity index (χ1v) is 10.4. The van der Waals surface area contributed by atoms with E-state index in [4.69, 9.17) is 10.5 Å². The highest BCUT2D eigenvalue weighted by Gasteiger charge is 2.13. The van der Waals surface area contributed by atoms with E-state index in [9.17, 15) is 15.2 Å². The average molecular weight is 435 g/mol. The first kappa shape index (κ1) is 21.8. The highest BCUT2D eigenvalue weighted by molar-refractivity contribution is 5.95. The van der Waals surface area contributed by atoms with E-state index in [-0.39, 0.29) is 12.0 Å². The van der Waals surface area contributed by atoms with E-state index >= 15 is 0 Å². The summed E-state index contributed by atoms with van der Waals surface area (Å²) in [7, 11) is 0. The molecule has 33 heavy (non-hydrogen) atoms. The fourth-order valence-corrected chi connectivity index (χ4v) is 3.59. The minimum atomic E-state index is -1.02. The smallest absolute Gasteiger partial charge is 0.336 e. The molecule has 0 atom stereocenters. The Labute approximate surface area is 191 Å². The minimum Gasteiger partial charge on any atom is -0.478 e. The van der Waals surface area contributed by atoms with E-state index in [0.29, 0.717) is 29.4 Å². The van der Waals surface area contributed by atoms with E-state index in [1.807, 2.05) is 36.4 Å². The molecule has 6 nitrogen and oxygen atoms in total. The Hall–Kier alpha value is -4.47. The number of hydrogen-bond donors (Lipinski definition) is 2. The summed E-state index contributed by atoms with van der Waals surface area (Å²) in [5.74, 6) is -0.164. The molecular formula is C27H21N3O3. The topological polar surface area (TPSA) is 109 Å². The van der Waals surface area contributed by atoms with Crippen LogP contribution in [0.5, 0.6) is 11.6 Å². The van der Waals surface area contributed by atoms with Crippen molar-refractivity contribution in [3.05, 3.63) is 102 Å². The zero-order valence-corrected chi connectivity index (χ0v) is 17.7. The Balaban J connectivity index is 1.71. The van der Waals surface area contributed by atoms with Crippen molar-refractivity contribution in [1.29, 1.82) is 5.26 Å². The molecule has 0 saturated heterocycles. The summed E-state index contributed by atoms with van der Waals surface area (Å²) >= 11 is 0. The Kier molecular flexibility index (Phi) is 6.44. The Morgan fingerprint density at radius 1 is 0.939 bits per heavy atom. The van der Waals surface area contributed by atoms with Crippen LogP contribution in [0.1, 0.15) is 21.5 Å². The minimum absolute atomic E-state index is 0.167. The van der Waals surface area contributed by atoms with Crippen LogP contribution in [0.2, 0.25) is 0 Å². The molecule has 0 spiro atoms. The Morgan fingerprint density at radius 3 is 2.52 bits per heavy atom. The number of carboxylic acid groups (broad SMARTS) is 1. The van der Waals surface area contributed by atoms with Gasteiger partial charge in [0.25, 0.3) is 0 Å². The van der Waals surface area contributed by atoms with Crippen LogP contribution in [-0.4, -0.2) is 16.1 Å². The zero-order valence-electron chi connectivity index (χ0n) is 17.7. The van der Waals surface area contributed by atoms with Crippen LogP contribution >= 0.6 is 0 Å². The van der Waals surface area contributed by atoms with Gasteiger partial charge in [0.15, 0.2) is 0 Å². The van der Waals surface area contributed by atoms with Crippen molar-refractivity contribution in [3.63, 3.8) is 0 Å². The number of nitrogens with zero attached hydrogens (tertiary/aromatic N) is 2. The van der Waals surface area contributed by atoms with E-state index in [0.717, 1.165) is 22.3 Å². The van der Waals surface area contributed by atoms with Gasteiger partial charge in [-0.05, 0) is 58.7 Å². The number of pyridine rings is 1. The van der Waals surface area contributed by atoms with Gasteiger partial charge in [-0.15, -0.1) is 0 Å². The third-order valence-corrected chi connectivity index (χ3v) is 5.12. The van der Waals surface area contributed by atoms with Crippen molar-refractivity contribution >= 4 is 5.97 Å². The molecule has 1 heterocycles. The van der Waals surface area contributed by atoms with Crippen molar-refractivity contribution < 1.29 is 14.6 Å². The molecule has 162 valence electrons. The number of hydrogen-bond acceptors (Lipinski definition) is 5. The van der Waals surface area contributed by atoms with Crippen molar-refractivity contribution in [2.75, 3.05) is 0 Å². The maximum absolute atomic E-state index is 11.6. The molecule has 0 saturated carbocycles. The van der Waals surface area contributed by atoms with Gasteiger partial charge in [-0.2, -0.15) is 5.26 Å². The maximum atomic E-state index is 11.6. The SMILES string of the molecule is N#CCc1cc(Oc2cccc(-c3ccccc3C(=O)O)n2)cc(-c2cccc(CN)c2)c1. The summed E-state index contributed by atoms with van der Waals surface area (Å²) < 4.78 is 6.05. The molecule has 0 radical (unpaired) electrons. The lowest BCUT2D eigenvalue weighted by Gasteiger charge is -2.12. The zero-order chi connectivity index (χ0) is 23.2. The Morgan fingerprint density at radius 2 is 1.73 bits per heavy atom. The molecule has 0 unspecified atom stereocenters. The first-order chi connectivity index (χ1) is 16.1. The predicted molar refractivity (Wildman–Crippen MR) is 126 cm³/mol. The summed E-state index contributed by atoms with van der Waals surface area (Å²) in [4.78, 5) is 16.1. The van der Waals surface area contributed by atoms with Gasteiger partial charge in [-0.3, -0.25) is 0 Å². The molecule has 0 aliphatic carbocycles. The number of carbonyl (C=O) groups is 1. The van der Waals surface area contributed by atoms with E-state index in [1.54, 1.807) is 48.5 Å². The normalized spacial score (nSPS) is 10.4. The second kappa shape index (κ2) is 9.77. The average Bonchev–Trinajstić information content (AvgIpc) is 2.84. The fraction of sp³-hybridized carbons (Fsp3) is 0.0741. The number of aromatic carboxylic acids is 1. The monoisotopic (exact) mass is 435 g/mol. The summed E-state index contributed by atoms with van der Waals surface area (Å²) in [5, 5.41) is 18.7. The third-order valence-electron chi connectivity index (χ3n) is 5.12. The van der Waals surface area contributed by atoms with Crippen LogP contribution in [0, 0.1) is 11.3 Å². The standard InChI is InChI=1S/C27H21N3O3/c28-12-11-18-13-21(20-6-3-5-19(14-20)17-29)16-22(15-18)33-26-10-4-9-25(30-26)23-7-1-2-8-24(23)27(31)32/h1-10,13-16H,11,17,29H2,(H,31,32).